The fourth-order valence-electron chi connectivity index (χ4n) is 1.46. The van der Waals surface area contributed by atoms with Crippen LogP contribution in [0.3, 0.4) is 0 Å². The first-order valence-corrected chi connectivity index (χ1v) is 5.86. The van der Waals surface area contributed by atoms with Crippen LogP contribution in [0, 0.1) is 6.92 Å². The largest absolute Gasteiger partial charge is 0.384 e. The molecule has 2 heterocycles. The molecule has 0 saturated heterocycles. The molecular weight excluding hydrogens is 220 g/mol. The minimum atomic E-state index is 0.547. The van der Waals surface area contributed by atoms with E-state index in [0.717, 1.165) is 17.9 Å². The van der Waals surface area contributed by atoms with Crippen LogP contribution in [0.2, 0.25) is 0 Å². The van der Waals surface area contributed by atoms with Gasteiger partial charge in [-0.25, -0.2) is 9.97 Å². The molecule has 0 atom stereocenters. The van der Waals surface area contributed by atoms with E-state index in [9.17, 15) is 0 Å². The van der Waals surface area contributed by atoms with Crippen LogP contribution in [-0.2, 0) is 6.54 Å². The smallest absolute Gasteiger partial charge is 0.125 e. The van der Waals surface area contributed by atoms with E-state index >= 15 is 0 Å². The minimum absolute atomic E-state index is 0.547. The molecule has 0 saturated carbocycles. The second-order valence-corrected chi connectivity index (χ2v) is 4.60. The first kappa shape index (κ1) is 10.9. The lowest BCUT2D eigenvalue weighted by molar-refractivity contribution is 0.924. The number of hydrogen-bond donors (Lipinski definition) is 1. The van der Waals surface area contributed by atoms with Gasteiger partial charge in [-0.2, -0.15) is 0 Å². The quantitative estimate of drug-likeness (QED) is 0.883. The molecule has 4 nitrogen and oxygen atoms in total. The summed E-state index contributed by atoms with van der Waals surface area (Å²) in [6.45, 7) is 2.88. The summed E-state index contributed by atoms with van der Waals surface area (Å²) in [6.07, 6.45) is 1.72. The maximum atomic E-state index is 5.65. The van der Waals surface area contributed by atoms with Crippen LogP contribution >= 0.6 is 11.3 Å². The minimum Gasteiger partial charge on any atom is -0.384 e. The van der Waals surface area contributed by atoms with Gasteiger partial charge in [0.2, 0.25) is 0 Å². The molecule has 0 bridgehead atoms. The van der Waals surface area contributed by atoms with Gasteiger partial charge in [-0.05, 0) is 13.0 Å². The lowest BCUT2D eigenvalue weighted by atomic mass is 10.3. The number of nitrogens with two attached hydrogens (primary N) is 1. The Labute approximate surface area is 98.8 Å². The van der Waals surface area contributed by atoms with E-state index in [1.54, 1.807) is 17.5 Å². The zero-order valence-electron chi connectivity index (χ0n) is 9.34. The molecule has 2 aromatic rings. The zero-order chi connectivity index (χ0) is 11.5. The van der Waals surface area contributed by atoms with Crippen molar-refractivity contribution in [3.8, 4) is 0 Å². The van der Waals surface area contributed by atoms with E-state index in [4.69, 9.17) is 5.73 Å². The Kier molecular flexibility index (Phi) is 3.05. The summed E-state index contributed by atoms with van der Waals surface area (Å²) in [6, 6.07) is 3.82. The van der Waals surface area contributed by atoms with Gasteiger partial charge in [0.15, 0.2) is 0 Å². The van der Waals surface area contributed by atoms with Crippen LogP contribution in [0.4, 0.5) is 11.5 Å². The van der Waals surface area contributed by atoms with Gasteiger partial charge in [-0.15, -0.1) is 11.3 Å². The maximum absolute atomic E-state index is 5.65. The Bertz CT molecular complexity index is 480. The molecule has 2 aromatic heterocycles. The topological polar surface area (TPSA) is 55.0 Å². The van der Waals surface area contributed by atoms with Crippen molar-refractivity contribution in [3.63, 3.8) is 0 Å². The van der Waals surface area contributed by atoms with Crippen LogP contribution in [0.5, 0.6) is 0 Å². The molecule has 0 aliphatic carbocycles. The van der Waals surface area contributed by atoms with E-state index in [1.165, 1.54) is 4.88 Å². The summed E-state index contributed by atoms with van der Waals surface area (Å²) in [5, 5.41) is 0. The summed E-state index contributed by atoms with van der Waals surface area (Å²) in [7, 11) is 2.04. The molecule has 16 heavy (non-hydrogen) atoms. The monoisotopic (exact) mass is 234 g/mol. The number of anilines is 2. The summed E-state index contributed by atoms with van der Waals surface area (Å²) in [5.41, 5.74) is 9.69. The first-order chi connectivity index (χ1) is 7.66. The Balaban J connectivity index is 2.14. The highest BCUT2D eigenvalue weighted by Gasteiger charge is 2.06. The molecule has 0 aromatic carbocycles. The summed E-state index contributed by atoms with van der Waals surface area (Å²) < 4.78 is 0. The van der Waals surface area contributed by atoms with Crippen LogP contribution in [0.15, 0.2) is 23.8 Å². The molecule has 0 fully saturated rings. The van der Waals surface area contributed by atoms with Crippen molar-refractivity contribution in [2.24, 2.45) is 0 Å². The molecule has 0 radical (unpaired) electrons. The average Bonchev–Trinajstić information content (AvgIpc) is 2.64. The first-order valence-electron chi connectivity index (χ1n) is 4.98. The number of aryl methyl sites for hydroxylation is 1. The summed E-state index contributed by atoms with van der Waals surface area (Å²) >= 11 is 1.68. The molecule has 5 heteroatoms. The Hall–Kier alpha value is -1.62. The van der Waals surface area contributed by atoms with Crippen LogP contribution in [-0.4, -0.2) is 17.0 Å². The zero-order valence-corrected chi connectivity index (χ0v) is 10.2. The predicted molar refractivity (Wildman–Crippen MR) is 67.6 cm³/mol. The molecule has 0 spiro atoms. The van der Waals surface area contributed by atoms with Gasteiger partial charge < -0.3 is 10.6 Å². The fourth-order valence-corrected chi connectivity index (χ4v) is 2.29. The highest BCUT2D eigenvalue weighted by Crippen LogP contribution is 2.20. The molecule has 2 N–H and O–H groups in total. The van der Waals surface area contributed by atoms with E-state index in [1.807, 2.05) is 31.6 Å². The number of hydrogen-bond acceptors (Lipinski definition) is 5. The third-order valence-electron chi connectivity index (χ3n) is 2.43. The van der Waals surface area contributed by atoms with E-state index in [2.05, 4.69) is 14.9 Å². The van der Waals surface area contributed by atoms with Crippen LogP contribution in [0.1, 0.15) is 10.6 Å². The van der Waals surface area contributed by atoms with Crippen molar-refractivity contribution in [2.75, 3.05) is 17.7 Å². The number of pyridine rings is 1. The highest BCUT2D eigenvalue weighted by molar-refractivity contribution is 7.09. The Morgan fingerprint density at radius 3 is 2.88 bits per heavy atom. The summed E-state index contributed by atoms with van der Waals surface area (Å²) in [5.74, 6) is 0.547. The normalized spacial score (nSPS) is 10.4. The number of nitrogen functional groups attached to an aromatic ring is 1. The number of thiazole rings is 1. The Morgan fingerprint density at radius 1 is 1.44 bits per heavy atom. The van der Waals surface area contributed by atoms with Gasteiger partial charge >= 0.3 is 0 Å². The standard InChI is InChI=1S/C11H14N4S/c1-8-10(16-7-14-8)6-15(2)9-3-4-13-11(12)5-9/h3-5,7H,6H2,1-2H3,(H2,12,13). The number of nitrogens with zero attached hydrogens (tertiary/aromatic N) is 3. The van der Waals surface area contributed by atoms with Gasteiger partial charge in [-0.3, -0.25) is 0 Å². The lowest BCUT2D eigenvalue weighted by Crippen LogP contribution is -2.16. The van der Waals surface area contributed by atoms with Gasteiger partial charge in [0, 0.05) is 29.9 Å². The van der Waals surface area contributed by atoms with Gasteiger partial charge in [0.25, 0.3) is 0 Å². The second kappa shape index (κ2) is 4.49. The molecule has 0 aliphatic heterocycles. The molecular formula is C11H14N4S. The lowest BCUT2D eigenvalue weighted by Gasteiger charge is -2.18. The fraction of sp³-hybridized carbons (Fsp3) is 0.273. The number of aromatic nitrogens is 2. The van der Waals surface area contributed by atoms with E-state index in [0.29, 0.717) is 5.82 Å². The van der Waals surface area contributed by atoms with Gasteiger partial charge in [0.05, 0.1) is 17.7 Å². The third kappa shape index (κ3) is 2.30. The molecule has 0 unspecified atom stereocenters. The predicted octanol–water partition coefficient (Wildman–Crippen LogP) is 2.07. The highest BCUT2D eigenvalue weighted by atomic mass is 32.1. The Morgan fingerprint density at radius 2 is 2.25 bits per heavy atom. The van der Waals surface area contributed by atoms with Gasteiger partial charge in [-0.1, -0.05) is 0 Å². The maximum Gasteiger partial charge on any atom is 0.125 e. The van der Waals surface area contributed by atoms with Crippen molar-refractivity contribution in [3.05, 3.63) is 34.4 Å². The molecule has 84 valence electrons. The van der Waals surface area contributed by atoms with Crippen molar-refractivity contribution in [1.82, 2.24) is 9.97 Å². The van der Waals surface area contributed by atoms with Crippen molar-refractivity contribution in [1.29, 1.82) is 0 Å². The SMILES string of the molecule is Cc1ncsc1CN(C)c1ccnc(N)c1. The van der Waals surface area contributed by atoms with Crippen molar-refractivity contribution >= 4 is 22.8 Å². The van der Waals surface area contributed by atoms with E-state index < -0.39 is 0 Å². The molecule has 0 amide bonds. The van der Waals surface area contributed by atoms with Crippen LogP contribution in [0.25, 0.3) is 0 Å². The van der Waals surface area contributed by atoms with Gasteiger partial charge in [0.1, 0.15) is 5.82 Å². The number of rotatable bonds is 3. The summed E-state index contributed by atoms with van der Waals surface area (Å²) in [4.78, 5) is 11.6. The van der Waals surface area contributed by atoms with Crippen molar-refractivity contribution in [2.45, 2.75) is 13.5 Å². The molecule has 0 aliphatic rings. The van der Waals surface area contributed by atoms with E-state index in [-0.39, 0.29) is 0 Å². The molecule has 2 rings (SSSR count). The average molecular weight is 234 g/mol. The second-order valence-electron chi connectivity index (χ2n) is 3.66. The van der Waals surface area contributed by atoms with Crippen LogP contribution < -0.4 is 10.6 Å². The third-order valence-corrected chi connectivity index (χ3v) is 3.35. The van der Waals surface area contributed by atoms with Crippen molar-refractivity contribution < 1.29 is 0 Å².